The van der Waals surface area contributed by atoms with Gasteiger partial charge in [-0.25, -0.2) is 4.98 Å². The molecule has 1 amide bonds. The van der Waals surface area contributed by atoms with Gasteiger partial charge in [0, 0.05) is 12.7 Å². The van der Waals surface area contributed by atoms with Gasteiger partial charge in [-0.3, -0.25) is 14.0 Å². The summed E-state index contributed by atoms with van der Waals surface area (Å²) in [5.74, 6) is 0.435. The number of carbonyl (C=O) groups excluding carboxylic acids is 1. The maximum atomic E-state index is 12.7. The number of nitrogens with one attached hydrogen (secondary N) is 1. The van der Waals surface area contributed by atoms with Crippen molar-refractivity contribution in [1.82, 2.24) is 14.7 Å². The fraction of sp³-hybridized carbons (Fsp3) is 0.0952. The highest BCUT2D eigenvalue weighted by molar-refractivity contribution is 6.00. The van der Waals surface area contributed by atoms with Gasteiger partial charge >= 0.3 is 0 Å². The van der Waals surface area contributed by atoms with Gasteiger partial charge in [0.1, 0.15) is 5.75 Å². The summed E-state index contributed by atoms with van der Waals surface area (Å²) in [7, 11) is 1.60. The fourth-order valence-corrected chi connectivity index (χ4v) is 3.01. The molecular formula is C21H17N3O3. The molecule has 0 fully saturated rings. The lowest BCUT2D eigenvalue weighted by molar-refractivity contribution is 0.0952. The average molecular weight is 359 g/mol. The van der Waals surface area contributed by atoms with Crippen LogP contribution in [0.25, 0.3) is 16.6 Å². The summed E-state index contributed by atoms with van der Waals surface area (Å²) in [4.78, 5) is 30.0. The van der Waals surface area contributed by atoms with E-state index in [4.69, 9.17) is 4.74 Å². The number of rotatable bonds is 4. The first kappa shape index (κ1) is 16.8. The first-order valence-electron chi connectivity index (χ1n) is 8.48. The van der Waals surface area contributed by atoms with Gasteiger partial charge in [-0.1, -0.05) is 24.3 Å². The molecular weight excluding hydrogens is 342 g/mol. The minimum absolute atomic E-state index is 0.196. The van der Waals surface area contributed by atoms with E-state index in [0.29, 0.717) is 28.7 Å². The zero-order valence-electron chi connectivity index (χ0n) is 14.7. The number of ether oxygens (including phenoxy) is 1. The molecule has 0 unspecified atom stereocenters. The Labute approximate surface area is 155 Å². The molecule has 0 aliphatic heterocycles. The van der Waals surface area contributed by atoms with Crippen molar-refractivity contribution >= 4 is 22.5 Å². The smallest absolute Gasteiger partial charge is 0.265 e. The molecule has 0 aliphatic carbocycles. The van der Waals surface area contributed by atoms with Crippen LogP contribution in [0.3, 0.4) is 0 Å². The van der Waals surface area contributed by atoms with Crippen LogP contribution >= 0.6 is 0 Å². The molecule has 0 spiro atoms. The number of hydrogen-bond donors (Lipinski definition) is 1. The van der Waals surface area contributed by atoms with Crippen LogP contribution in [-0.4, -0.2) is 22.4 Å². The second kappa shape index (κ2) is 6.92. The van der Waals surface area contributed by atoms with Gasteiger partial charge in [0.2, 0.25) is 0 Å². The van der Waals surface area contributed by atoms with Crippen LogP contribution in [-0.2, 0) is 6.54 Å². The Morgan fingerprint density at radius 1 is 1.11 bits per heavy atom. The normalized spacial score (nSPS) is 10.9. The molecule has 0 aliphatic rings. The highest BCUT2D eigenvalue weighted by Gasteiger charge is 2.14. The van der Waals surface area contributed by atoms with Gasteiger partial charge in [-0.15, -0.1) is 0 Å². The van der Waals surface area contributed by atoms with Gasteiger partial charge in [0.05, 0.1) is 23.6 Å². The van der Waals surface area contributed by atoms with Crippen molar-refractivity contribution in [2.45, 2.75) is 6.54 Å². The molecule has 0 bridgehead atoms. The lowest BCUT2D eigenvalue weighted by Crippen LogP contribution is -2.25. The minimum atomic E-state index is -0.293. The molecule has 4 rings (SSSR count). The van der Waals surface area contributed by atoms with E-state index in [1.807, 2.05) is 30.3 Å². The van der Waals surface area contributed by atoms with Gasteiger partial charge < -0.3 is 10.1 Å². The molecule has 2 aromatic carbocycles. The highest BCUT2D eigenvalue weighted by Crippen LogP contribution is 2.14. The van der Waals surface area contributed by atoms with Gasteiger partial charge in [0.15, 0.2) is 5.65 Å². The number of benzene rings is 2. The van der Waals surface area contributed by atoms with Crippen molar-refractivity contribution in [3.8, 4) is 5.75 Å². The number of hydrogen-bond acceptors (Lipinski definition) is 4. The molecule has 27 heavy (non-hydrogen) atoms. The van der Waals surface area contributed by atoms with Crippen LogP contribution in [0.2, 0.25) is 0 Å². The fourth-order valence-electron chi connectivity index (χ4n) is 3.01. The van der Waals surface area contributed by atoms with E-state index in [-0.39, 0.29) is 11.5 Å². The van der Waals surface area contributed by atoms with Gasteiger partial charge in [-0.2, -0.15) is 0 Å². The van der Waals surface area contributed by atoms with Crippen molar-refractivity contribution < 1.29 is 9.53 Å². The molecule has 2 aromatic heterocycles. The van der Waals surface area contributed by atoms with E-state index in [1.54, 1.807) is 43.6 Å². The number of amides is 1. The maximum absolute atomic E-state index is 12.7. The number of pyridine rings is 1. The van der Waals surface area contributed by atoms with E-state index in [1.165, 1.54) is 4.40 Å². The van der Waals surface area contributed by atoms with Crippen molar-refractivity contribution in [2.75, 3.05) is 7.11 Å². The molecule has 6 heteroatoms. The third kappa shape index (κ3) is 3.13. The largest absolute Gasteiger partial charge is 0.497 e. The number of fused-ring (bicyclic) bond motifs is 2. The standard InChI is InChI=1S/C21H17N3O3/c1-27-15-7-4-6-14(12-15)13-22-20(25)17-9-5-11-24-19(17)23-18-10-3-2-8-16(18)21(24)26/h2-12H,13H2,1H3,(H,22,25). The predicted molar refractivity (Wildman–Crippen MR) is 103 cm³/mol. The summed E-state index contributed by atoms with van der Waals surface area (Å²) in [5.41, 5.74) is 1.97. The van der Waals surface area contributed by atoms with E-state index < -0.39 is 0 Å². The van der Waals surface area contributed by atoms with E-state index in [0.717, 1.165) is 11.3 Å². The van der Waals surface area contributed by atoms with E-state index in [9.17, 15) is 9.59 Å². The Balaban J connectivity index is 1.70. The second-order valence-electron chi connectivity index (χ2n) is 6.08. The molecule has 134 valence electrons. The number of nitrogens with zero attached hydrogens (tertiary/aromatic N) is 2. The SMILES string of the molecule is COc1cccc(CNC(=O)c2cccn3c(=O)c4ccccc4nc23)c1. The average Bonchev–Trinajstić information content (AvgIpc) is 2.72. The Morgan fingerprint density at radius 2 is 1.96 bits per heavy atom. The lowest BCUT2D eigenvalue weighted by Gasteiger charge is -2.10. The molecule has 0 saturated carbocycles. The number of para-hydroxylation sites is 1. The Hall–Kier alpha value is -3.67. The molecule has 2 heterocycles. The first-order valence-corrected chi connectivity index (χ1v) is 8.48. The summed E-state index contributed by atoms with van der Waals surface area (Å²) in [5, 5.41) is 3.39. The number of aromatic nitrogens is 2. The summed E-state index contributed by atoms with van der Waals surface area (Å²) < 4.78 is 6.60. The Bertz CT molecular complexity index is 1210. The van der Waals surface area contributed by atoms with Crippen LogP contribution in [0.5, 0.6) is 5.75 Å². The van der Waals surface area contributed by atoms with Crippen LogP contribution in [0.15, 0.2) is 71.7 Å². The maximum Gasteiger partial charge on any atom is 0.265 e. The summed E-state index contributed by atoms with van der Waals surface area (Å²) >= 11 is 0. The summed E-state index contributed by atoms with van der Waals surface area (Å²) in [6.45, 7) is 0.342. The first-order chi connectivity index (χ1) is 13.2. The third-order valence-electron chi connectivity index (χ3n) is 4.38. The second-order valence-corrected chi connectivity index (χ2v) is 6.08. The quantitative estimate of drug-likeness (QED) is 0.569. The molecule has 0 saturated heterocycles. The molecule has 1 N–H and O–H groups in total. The number of carbonyl (C=O) groups is 1. The summed E-state index contributed by atoms with van der Waals surface area (Å²) in [6, 6.07) is 17.9. The topological polar surface area (TPSA) is 72.7 Å². The van der Waals surface area contributed by atoms with Crippen molar-refractivity contribution in [1.29, 1.82) is 0 Å². The van der Waals surface area contributed by atoms with Crippen LogP contribution in [0.4, 0.5) is 0 Å². The van der Waals surface area contributed by atoms with Gasteiger partial charge in [0.25, 0.3) is 11.5 Å². The van der Waals surface area contributed by atoms with E-state index in [2.05, 4.69) is 10.3 Å². The highest BCUT2D eigenvalue weighted by atomic mass is 16.5. The molecule has 6 nitrogen and oxygen atoms in total. The Morgan fingerprint density at radius 3 is 2.81 bits per heavy atom. The van der Waals surface area contributed by atoms with Crippen LogP contribution in [0.1, 0.15) is 15.9 Å². The van der Waals surface area contributed by atoms with Crippen molar-refractivity contribution in [3.63, 3.8) is 0 Å². The van der Waals surface area contributed by atoms with Crippen molar-refractivity contribution in [3.05, 3.63) is 88.3 Å². The van der Waals surface area contributed by atoms with Crippen LogP contribution < -0.4 is 15.6 Å². The zero-order chi connectivity index (χ0) is 18.8. The monoisotopic (exact) mass is 359 g/mol. The third-order valence-corrected chi connectivity index (χ3v) is 4.38. The zero-order valence-corrected chi connectivity index (χ0v) is 14.7. The minimum Gasteiger partial charge on any atom is -0.497 e. The van der Waals surface area contributed by atoms with Crippen LogP contribution in [0, 0.1) is 0 Å². The van der Waals surface area contributed by atoms with Crippen molar-refractivity contribution in [2.24, 2.45) is 0 Å². The Kier molecular flexibility index (Phi) is 4.30. The predicted octanol–water partition coefficient (Wildman–Crippen LogP) is 2.79. The van der Waals surface area contributed by atoms with E-state index >= 15 is 0 Å². The van der Waals surface area contributed by atoms with Gasteiger partial charge in [-0.05, 0) is 42.0 Å². The summed E-state index contributed by atoms with van der Waals surface area (Å²) in [6.07, 6.45) is 1.62. The molecule has 0 atom stereocenters. The molecule has 4 aromatic rings. The lowest BCUT2D eigenvalue weighted by atomic mass is 10.2. The molecule has 0 radical (unpaired) electrons. The number of methoxy groups -OCH3 is 1.